The highest BCUT2D eigenvalue weighted by Crippen LogP contribution is 2.36. The molecule has 0 aromatic rings. The van der Waals surface area contributed by atoms with Crippen LogP contribution in [-0.2, 0) is 4.74 Å². The summed E-state index contributed by atoms with van der Waals surface area (Å²) < 4.78 is 5.33. The van der Waals surface area contributed by atoms with Crippen LogP contribution in [0.15, 0.2) is 0 Å². The molecule has 0 aromatic carbocycles. The quantitative estimate of drug-likeness (QED) is 0.598. The van der Waals surface area contributed by atoms with Crippen molar-refractivity contribution in [1.29, 1.82) is 0 Å². The molecule has 1 aliphatic carbocycles. The molecule has 0 aliphatic heterocycles. The van der Waals surface area contributed by atoms with E-state index in [2.05, 4.69) is 44.8 Å². The molecular formula is C18H38N2O. The summed E-state index contributed by atoms with van der Waals surface area (Å²) in [6.07, 6.45) is 4.05. The Morgan fingerprint density at radius 1 is 1.29 bits per heavy atom. The normalized spacial score (nSPS) is 20.0. The van der Waals surface area contributed by atoms with Crippen LogP contribution in [0, 0.1) is 17.3 Å². The second-order valence-corrected chi connectivity index (χ2v) is 7.73. The van der Waals surface area contributed by atoms with Gasteiger partial charge in [0, 0.05) is 32.8 Å². The Kier molecular flexibility index (Phi) is 8.22. The van der Waals surface area contributed by atoms with Crippen molar-refractivity contribution in [3.05, 3.63) is 0 Å². The standard InChI is InChI=1S/C18H38N2O/c1-7-18(5,13-19-12-15(2)3)14-20(10-11-21-6)16(4)17-8-9-17/h15-17,19H,7-14H2,1-6H3. The molecule has 0 amide bonds. The first-order chi connectivity index (χ1) is 9.91. The van der Waals surface area contributed by atoms with Gasteiger partial charge in [-0.3, -0.25) is 4.90 Å². The number of hydrogen-bond acceptors (Lipinski definition) is 3. The van der Waals surface area contributed by atoms with Gasteiger partial charge in [-0.25, -0.2) is 0 Å². The van der Waals surface area contributed by atoms with Crippen molar-refractivity contribution in [3.8, 4) is 0 Å². The minimum absolute atomic E-state index is 0.353. The van der Waals surface area contributed by atoms with Gasteiger partial charge in [0.1, 0.15) is 0 Å². The van der Waals surface area contributed by atoms with Crippen molar-refractivity contribution in [2.75, 3.05) is 39.9 Å². The van der Waals surface area contributed by atoms with Crippen molar-refractivity contribution in [1.82, 2.24) is 10.2 Å². The lowest BCUT2D eigenvalue weighted by Gasteiger charge is -2.38. The largest absolute Gasteiger partial charge is 0.383 e. The van der Waals surface area contributed by atoms with E-state index in [1.807, 2.05) is 7.11 Å². The Bertz CT molecular complexity index is 278. The Morgan fingerprint density at radius 2 is 1.95 bits per heavy atom. The number of nitrogens with one attached hydrogen (secondary N) is 1. The number of hydrogen-bond donors (Lipinski definition) is 1. The fraction of sp³-hybridized carbons (Fsp3) is 1.00. The molecule has 1 aliphatic rings. The lowest BCUT2D eigenvalue weighted by Crippen LogP contribution is -2.47. The molecule has 0 heterocycles. The number of rotatable bonds is 12. The Morgan fingerprint density at radius 3 is 2.43 bits per heavy atom. The van der Waals surface area contributed by atoms with Gasteiger partial charge in [-0.1, -0.05) is 27.7 Å². The molecule has 0 spiro atoms. The second-order valence-electron chi connectivity index (χ2n) is 7.73. The first-order valence-corrected chi connectivity index (χ1v) is 8.85. The molecule has 0 radical (unpaired) electrons. The van der Waals surface area contributed by atoms with E-state index in [-0.39, 0.29) is 0 Å². The van der Waals surface area contributed by atoms with E-state index in [0.717, 1.165) is 38.1 Å². The maximum Gasteiger partial charge on any atom is 0.0589 e. The summed E-state index contributed by atoms with van der Waals surface area (Å²) in [5.41, 5.74) is 0.353. The number of ether oxygens (including phenoxy) is 1. The predicted molar refractivity (Wildman–Crippen MR) is 91.7 cm³/mol. The molecule has 1 rings (SSSR count). The van der Waals surface area contributed by atoms with Crippen LogP contribution in [-0.4, -0.2) is 50.8 Å². The van der Waals surface area contributed by atoms with Crippen LogP contribution < -0.4 is 5.32 Å². The van der Waals surface area contributed by atoms with Crippen LogP contribution in [0.25, 0.3) is 0 Å². The average Bonchev–Trinajstić information content (AvgIpc) is 3.26. The van der Waals surface area contributed by atoms with Gasteiger partial charge in [-0.05, 0) is 50.0 Å². The first kappa shape index (κ1) is 18.9. The molecule has 2 unspecified atom stereocenters. The van der Waals surface area contributed by atoms with Crippen LogP contribution in [0.1, 0.15) is 53.9 Å². The zero-order chi connectivity index (χ0) is 15.9. The van der Waals surface area contributed by atoms with E-state index in [1.54, 1.807) is 0 Å². The van der Waals surface area contributed by atoms with Gasteiger partial charge in [0.05, 0.1) is 6.61 Å². The maximum atomic E-state index is 5.33. The molecule has 3 heteroatoms. The first-order valence-electron chi connectivity index (χ1n) is 8.85. The molecule has 0 saturated heterocycles. The molecule has 0 aromatic heterocycles. The van der Waals surface area contributed by atoms with Crippen molar-refractivity contribution < 1.29 is 4.74 Å². The van der Waals surface area contributed by atoms with Crippen molar-refractivity contribution in [2.45, 2.75) is 59.9 Å². The lowest BCUT2D eigenvalue weighted by molar-refractivity contribution is 0.0751. The third kappa shape index (κ3) is 7.12. The van der Waals surface area contributed by atoms with Gasteiger partial charge >= 0.3 is 0 Å². The topological polar surface area (TPSA) is 24.5 Å². The van der Waals surface area contributed by atoms with E-state index in [0.29, 0.717) is 11.5 Å². The molecule has 1 N–H and O–H groups in total. The third-order valence-corrected chi connectivity index (χ3v) is 5.01. The summed E-state index contributed by atoms with van der Waals surface area (Å²) in [6.45, 7) is 17.0. The molecule has 3 nitrogen and oxygen atoms in total. The smallest absolute Gasteiger partial charge is 0.0589 e. The Labute approximate surface area is 132 Å². The second kappa shape index (κ2) is 9.12. The molecule has 21 heavy (non-hydrogen) atoms. The van der Waals surface area contributed by atoms with Crippen LogP contribution in [0.5, 0.6) is 0 Å². The van der Waals surface area contributed by atoms with Crippen molar-refractivity contribution >= 4 is 0 Å². The average molecular weight is 299 g/mol. The van der Waals surface area contributed by atoms with Crippen molar-refractivity contribution in [3.63, 3.8) is 0 Å². The number of nitrogens with zero attached hydrogens (tertiary/aromatic N) is 1. The van der Waals surface area contributed by atoms with Gasteiger partial charge in [0.2, 0.25) is 0 Å². The molecule has 0 bridgehead atoms. The summed E-state index contributed by atoms with van der Waals surface area (Å²) in [5.74, 6) is 1.65. The Hall–Kier alpha value is -0.120. The molecule has 1 saturated carbocycles. The molecular weight excluding hydrogens is 260 g/mol. The number of methoxy groups -OCH3 is 1. The van der Waals surface area contributed by atoms with E-state index in [4.69, 9.17) is 4.74 Å². The van der Waals surface area contributed by atoms with Gasteiger partial charge < -0.3 is 10.1 Å². The summed E-state index contributed by atoms with van der Waals surface area (Å²) in [5, 5.41) is 3.66. The Balaban J connectivity index is 2.54. The minimum atomic E-state index is 0.353. The molecule has 2 atom stereocenters. The van der Waals surface area contributed by atoms with Crippen molar-refractivity contribution in [2.24, 2.45) is 17.3 Å². The fourth-order valence-electron chi connectivity index (χ4n) is 2.96. The van der Waals surface area contributed by atoms with E-state index < -0.39 is 0 Å². The summed E-state index contributed by atoms with van der Waals surface area (Å²) >= 11 is 0. The molecule has 126 valence electrons. The highest BCUT2D eigenvalue weighted by atomic mass is 16.5. The fourth-order valence-corrected chi connectivity index (χ4v) is 2.96. The predicted octanol–water partition coefficient (Wildman–Crippen LogP) is 3.40. The van der Waals surface area contributed by atoms with Crippen LogP contribution in [0.3, 0.4) is 0 Å². The minimum Gasteiger partial charge on any atom is -0.383 e. The zero-order valence-electron chi connectivity index (χ0n) is 15.2. The van der Waals surface area contributed by atoms with Crippen LogP contribution >= 0.6 is 0 Å². The maximum absolute atomic E-state index is 5.33. The van der Waals surface area contributed by atoms with E-state index in [9.17, 15) is 0 Å². The SMILES string of the molecule is CCC(C)(CNCC(C)C)CN(CCOC)C(C)C1CC1. The summed E-state index contributed by atoms with van der Waals surface area (Å²) in [4.78, 5) is 2.67. The van der Waals surface area contributed by atoms with Gasteiger partial charge in [0.15, 0.2) is 0 Å². The van der Waals surface area contributed by atoms with E-state index >= 15 is 0 Å². The summed E-state index contributed by atoms with van der Waals surface area (Å²) in [7, 11) is 1.81. The molecule has 1 fully saturated rings. The van der Waals surface area contributed by atoms with Gasteiger partial charge in [-0.2, -0.15) is 0 Å². The highest BCUT2D eigenvalue weighted by molar-refractivity contribution is 4.89. The zero-order valence-corrected chi connectivity index (χ0v) is 15.2. The van der Waals surface area contributed by atoms with E-state index in [1.165, 1.54) is 25.8 Å². The van der Waals surface area contributed by atoms with Gasteiger partial charge in [-0.15, -0.1) is 0 Å². The van der Waals surface area contributed by atoms with Crippen LogP contribution in [0.2, 0.25) is 0 Å². The highest BCUT2D eigenvalue weighted by Gasteiger charge is 2.35. The lowest BCUT2D eigenvalue weighted by atomic mass is 9.86. The van der Waals surface area contributed by atoms with Crippen LogP contribution in [0.4, 0.5) is 0 Å². The third-order valence-electron chi connectivity index (χ3n) is 5.01. The van der Waals surface area contributed by atoms with Gasteiger partial charge in [0.25, 0.3) is 0 Å². The monoisotopic (exact) mass is 298 g/mol. The summed E-state index contributed by atoms with van der Waals surface area (Å²) in [6, 6.07) is 0.705.